The largest absolute Gasteiger partial charge is 1.00 e. The Balaban J connectivity index is 0. The third-order valence-corrected chi connectivity index (χ3v) is 1.29. The smallest absolute Gasteiger partial charge is 0.306 e. The van der Waals surface area contributed by atoms with Crippen LogP contribution in [0.2, 0.25) is 0 Å². The van der Waals surface area contributed by atoms with Gasteiger partial charge in [-0.25, -0.2) is 4.21 Å². The Morgan fingerprint density at radius 2 is 2.30 bits per heavy atom. The number of allylic oxidation sites excluding steroid dienone is 1. The number of nitriles is 1. The van der Waals surface area contributed by atoms with Crippen LogP contribution in [-0.2, 0) is 11.1 Å². The van der Waals surface area contributed by atoms with E-state index in [-0.39, 0.29) is 35.3 Å². The quantitative estimate of drug-likeness (QED) is 0.292. The first-order chi connectivity index (χ1) is 4.16. The Hall–Kier alpha value is 0.340. The van der Waals surface area contributed by atoms with E-state index in [0.29, 0.717) is 12.0 Å². The van der Waals surface area contributed by atoms with Gasteiger partial charge in [0.1, 0.15) is 0 Å². The molecule has 0 fully saturated rings. The van der Waals surface area contributed by atoms with Gasteiger partial charge in [-0.05, 0) is 6.42 Å². The first-order valence-corrected chi connectivity index (χ1v) is 3.59. The molecule has 5 heteroatoms. The molecule has 50 valence electrons. The predicted molar refractivity (Wildman–Crippen MR) is 35.0 cm³/mol. The van der Waals surface area contributed by atoms with E-state index < -0.39 is 11.1 Å². The van der Waals surface area contributed by atoms with Crippen molar-refractivity contribution in [3.63, 3.8) is 0 Å². The third-order valence-electron chi connectivity index (χ3n) is 0.737. The maximum Gasteiger partial charge on any atom is 1.00 e. The summed E-state index contributed by atoms with van der Waals surface area (Å²) in [7, 11) is 0. The van der Waals surface area contributed by atoms with Gasteiger partial charge in [0.25, 0.3) is 0 Å². The van der Waals surface area contributed by atoms with Crippen LogP contribution in [0.15, 0.2) is 12.2 Å². The maximum atomic E-state index is 9.98. The summed E-state index contributed by atoms with van der Waals surface area (Å²) in [6.07, 6.45) is 0.305. The Labute approximate surface area is 84.7 Å². The van der Waals surface area contributed by atoms with Gasteiger partial charge in [-0.2, -0.15) is 5.26 Å². The average Bonchev–Trinajstić information content (AvgIpc) is 1.83. The first kappa shape index (κ1) is 13.0. The van der Waals surface area contributed by atoms with Crippen LogP contribution in [-0.4, -0.2) is 14.5 Å². The molecule has 1 unspecified atom stereocenters. The molecule has 0 aromatic carbocycles. The normalized spacial score (nSPS) is 10.8. The van der Waals surface area contributed by atoms with E-state index in [1.165, 1.54) is 0 Å². The van der Waals surface area contributed by atoms with Gasteiger partial charge in [0.05, 0.1) is 11.8 Å². The third kappa shape index (κ3) is 8.34. The average molecular weight is 168 g/mol. The van der Waals surface area contributed by atoms with Gasteiger partial charge in [0.2, 0.25) is 0 Å². The SMILES string of the molecule is C=C(C#N)CCS(=O)O.[Na+]. The summed E-state index contributed by atoms with van der Waals surface area (Å²) in [6, 6.07) is 1.78. The van der Waals surface area contributed by atoms with E-state index in [0.717, 1.165) is 0 Å². The van der Waals surface area contributed by atoms with Crippen LogP contribution in [0.25, 0.3) is 0 Å². The summed E-state index contributed by atoms with van der Waals surface area (Å²) in [5.41, 5.74) is 0.345. The molecule has 0 radical (unpaired) electrons. The molecule has 0 spiro atoms. The van der Waals surface area contributed by atoms with Crippen molar-refractivity contribution in [1.29, 1.82) is 5.26 Å². The van der Waals surface area contributed by atoms with Gasteiger partial charge >= 0.3 is 29.6 Å². The first-order valence-electron chi connectivity index (χ1n) is 2.32. The number of hydrogen-bond donors (Lipinski definition) is 1. The molecule has 10 heavy (non-hydrogen) atoms. The van der Waals surface area contributed by atoms with Crippen LogP contribution in [0.4, 0.5) is 0 Å². The van der Waals surface area contributed by atoms with E-state index in [9.17, 15) is 4.21 Å². The molecule has 0 heterocycles. The second kappa shape index (κ2) is 7.45. The van der Waals surface area contributed by atoms with E-state index >= 15 is 0 Å². The minimum atomic E-state index is -1.80. The maximum absolute atomic E-state index is 9.98. The second-order valence-corrected chi connectivity index (χ2v) is 2.54. The Kier molecular flexibility index (Phi) is 9.66. The molecule has 0 bridgehead atoms. The van der Waals surface area contributed by atoms with Crippen molar-refractivity contribution in [2.45, 2.75) is 6.42 Å². The molecule has 0 rings (SSSR count). The van der Waals surface area contributed by atoms with Crippen LogP contribution < -0.4 is 29.6 Å². The van der Waals surface area contributed by atoms with E-state index in [1.54, 1.807) is 6.07 Å². The molecule has 1 N–H and O–H groups in total. The summed E-state index contributed by atoms with van der Waals surface area (Å²) in [5.74, 6) is 0.104. The van der Waals surface area contributed by atoms with E-state index in [1.807, 2.05) is 0 Å². The van der Waals surface area contributed by atoms with Crippen molar-refractivity contribution in [2.75, 3.05) is 5.75 Å². The zero-order valence-corrected chi connectivity index (χ0v) is 8.65. The second-order valence-electron chi connectivity index (χ2n) is 1.49. The van der Waals surface area contributed by atoms with Crippen LogP contribution in [0.1, 0.15) is 6.42 Å². The molecule has 0 aromatic heterocycles. The summed E-state index contributed by atoms with van der Waals surface area (Å²) < 4.78 is 18.2. The molecule has 0 saturated heterocycles. The Morgan fingerprint density at radius 1 is 1.80 bits per heavy atom. The zero-order chi connectivity index (χ0) is 7.28. The number of nitrogens with zero attached hydrogens (tertiary/aromatic N) is 1. The molecular formula is C5H7NNaO2S+. The Bertz CT molecular complexity index is 175. The van der Waals surface area contributed by atoms with Crippen molar-refractivity contribution in [1.82, 2.24) is 0 Å². The van der Waals surface area contributed by atoms with Crippen molar-refractivity contribution in [2.24, 2.45) is 0 Å². The molecule has 0 aliphatic carbocycles. The topological polar surface area (TPSA) is 61.1 Å². The number of hydrogen-bond acceptors (Lipinski definition) is 2. The molecule has 0 aromatic rings. The summed E-state index contributed by atoms with van der Waals surface area (Å²) in [6.45, 7) is 3.34. The van der Waals surface area contributed by atoms with Gasteiger partial charge in [-0.1, -0.05) is 6.58 Å². The predicted octanol–water partition coefficient (Wildman–Crippen LogP) is -2.32. The standard InChI is InChI=1S/C5H7NO2S.Na/c1-5(4-6)2-3-9(7)8;/h1-3H2,(H,7,8);/q;+1. The summed E-state index contributed by atoms with van der Waals surface area (Å²) in [5, 5.41) is 8.12. The van der Waals surface area contributed by atoms with Gasteiger partial charge in [0.15, 0.2) is 11.1 Å². The van der Waals surface area contributed by atoms with Gasteiger partial charge < -0.3 is 4.55 Å². The van der Waals surface area contributed by atoms with E-state index in [4.69, 9.17) is 9.81 Å². The molecule has 0 aliphatic rings. The van der Waals surface area contributed by atoms with Crippen molar-refractivity contribution < 1.29 is 38.3 Å². The van der Waals surface area contributed by atoms with Crippen LogP contribution in [0.5, 0.6) is 0 Å². The van der Waals surface area contributed by atoms with Crippen molar-refractivity contribution in [3.05, 3.63) is 12.2 Å². The van der Waals surface area contributed by atoms with Gasteiger partial charge in [-0.3, -0.25) is 0 Å². The number of rotatable bonds is 3. The summed E-state index contributed by atoms with van der Waals surface area (Å²) >= 11 is -1.80. The molecule has 1 atom stereocenters. The van der Waals surface area contributed by atoms with Gasteiger partial charge in [0, 0.05) is 5.57 Å². The molecule has 3 nitrogen and oxygen atoms in total. The summed E-state index contributed by atoms with van der Waals surface area (Å²) in [4.78, 5) is 0. The molecule has 0 amide bonds. The minimum Gasteiger partial charge on any atom is -0.306 e. The van der Waals surface area contributed by atoms with Crippen molar-refractivity contribution in [3.8, 4) is 6.07 Å². The van der Waals surface area contributed by atoms with E-state index in [2.05, 4.69) is 6.58 Å². The van der Waals surface area contributed by atoms with Crippen LogP contribution in [0, 0.1) is 11.3 Å². The van der Waals surface area contributed by atoms with Crippen LogP contribution in [0.3, 0.4) is 0 Å². The fourth-order valence-electron chi connectivity index (χ4n) is 0.266. The molecule has 0 saturated carbocycles. The monoisotopic (exact) mass is 168 g/mol. The van der Waals surface area contributed by atoms with Crippen LogP contribution >= 0.6 is 0 Å². The Morgan fingerprint density at radius 3 is 2.60 bits per heavy atom. The molecule has 0 aliphatic heterocycles. The molecular weight excluding hydrogens is 161 g/mol. The zero-order valence-electron chi connectivity index (χ0n) is 5.83. The fourth-order valence-corrected chi connectivity index (χ4v) is 0.687. The van der Waals surface area contributed by atoms with Gasteiger partial charge in [-0.15, -0.1) is 0 Å². The fraction of sp³-hybridized carbons (Fsp3) is 0.400. The minimum absolute atomic E-state index is 0. The van der Waals surface area contributed by atoms with Crippen molar-refractivity contribution >= 4 is 11.1 Å².